The third-order valence-corrected chi connectivity index (χ3v) is 4.93. The van der Waals surface area contributed by atoms with E-state index in [9.17, 15) is 13.2 Å². The summed E-state index contributed by atoms with van der Waals surface area (Å²) in [4.78, 5) is 12.9. The van der Waals surface area contributed by atoms with Gasteiger partial charge in [-0.3, -0.25) is 9.69 Å². The monoisotopic (exact) mass is 253 g/mol. The molecule has 0 bridgehead atoms. The van der Waals surface area contributed by atoms with Gasteiger partial charge in [0.2, 0.25) is 5.24 Å². The Balaban J connectivity index is 2.73. The molecule has 2 unspecified atom stereocenters. The number of halogens is 1. The second-order valence-corrected chi connectivity index (χ2v) is 6.47. The van der Waals surface area contributed by atoms with Gasteiger partial charge in [-0.05, 0) is 31.5 Å². The number of nitrogens with zero attached hydrogens (tertiary/aromatic N) is 1. The molecule has 1 heterocycles. The normalized spacial score (nSPS) is 26.8. The molecule has 88 valence electrons. The van der Waals surface area contributed by atoms with E-state index >= 15 is 0 Å². The maximum atomic E-state index is 11.3. The summed E-state index contributed by atoms with van der Waals surface area (Å²) in [7, 11) is -2.91. The molecule has 1 aliphatic rings. The zero-order valence-corrected chi connectivity index (χ0v) is 10.5. The van der Waals surface area contributed by atoms with Crippen molar-refractivity contribution in [3.05, 3.63) is 0 Å². The number of carbonyl (C=O) groups is 1. The molecule has 1 rings (SSSR count). The fraction of sp³-hybridized carbons (Fsp3) is 0.889. The Bertz CT molecular complexity index is 341. The van der Waals surface area contributed by atoms with Gasteiger partial charge in [-0.15, -0.1) is 0 Å². The van der Waals surface area contributed by atoms with Gasteiger partial charge in [0.1, 0.15) is 0 Å². The van der Waals surface area contributed by atoms with Gasteiger partial charge in [-0.1, -0.05) is 6.92 Å². The summed E-state index contributed by atoms with van der Waals surface area (Å²) in [5, 5.41) is -0.429. The second kappa shape index (κ2) is 4.80. The van der Waals surface area contributed by atoms with E-state index in [0.29, 0.717) is 13.0 Å². The van der Waals surface area contributed by atoms with Crippen LogP contribution in [0.3, 0.4) is 0 Å². The van der Waals surface area contributed by atoms with Crippen molar-refractivity contribution in [3.63, 3.8) is 0 Å². The standard InChI is InChI=1S/C9H16ClNO3S/c1-3-11(7(2)9(10)12)8-4-5-15(13,14)6-8/h7-8H,3-6H2,1-2H3. The minimum atomic E-state index is -2.91. The molecule has 0 aromatic heterocycles. The van der Waals surface area contributed by atoms with Crippen molar-refractivity contribution in [2.75, 3.05) is 18.1 Å². The predicted octanol–water partition coefficient (Wildman–Crippen LogP) is 0.649. The molecule has 4 nitrogen and oxygen atoms in total. The molecule has 0 spiro atoms. The Hall–Kier alpha value is -0.130. The molecule has 0 saturated carbocycles. The van der Waals surface area contributed by atoms with Crippen LogP contribution < -0.4 is 0 Å². The van der Waals surface area contributed by atoms with Gasteiger partial charge in [-0.25, -0.2) is 8.42 Å². The lowest BCUT2D eigenvalue weighted by Gasteiger charge is -2.30. The van der Waals surface area contributed by atoms with Crippen molar-refractivity contribution < 1.29 is 13.2 Å². The van der Waals surface area contributed by atoms with E-state index < -0.39 is 21.1 Å². The lowest BCUT2D eigenvalue weighted by molar-refractivity contribution is -0.116. The minimum absolute atomic E-state index is 0.0577. The number of carbonyl (C=O) groups excluding carboxylic acids is 1. The lowest BCUT2D eigenvalue weighted by Crippen LogP contribution is -2.45. The molecule has 15 heavy (non-hydrogen) atoms. The average molecular weight is 254 g/mol. The van der Waals surface area contributed by atoms with E-state index in [0.717, 1.165) is 0 Å². The van der Waals surface area contributed by atoms with Gasteiger partial charge in [0.05, 0.1) is 17.5 Å². The molecule has 0 aliphatic carbocycles. The molecule has 0 amide bonds. The van der Waals surface area contributed by atoms with Gasteiger partial charge in [0.15, 0.2) is 9.84 Å². The second-order valence-electron chi connectivity index (χ2n) is 3.87. The molecular weight excluding hydrogens is 238 g/mol. The molecule has 0 aromatic rings. The van der Waals surface area contributed by atoms with Crippen LogP contribution in [0.2, 0.25) is 0 Å². The Morgan fingerprint density at radius 3 is 2.53 bits per heavy atom. The van der Waals surface area contributed by atoms with E-state index in [1.54, 1.807) is 6.92 Å². The SMILES string of the molecule is CCN(C1CCS(=O)(=O)C1)C(C)C(=O)Cl. The van der Waals surface area contributed by atoms with Gasteiger partial charge in [0.25, 0.3) is 0 Å². The summed E-state index contributed by atoms with van der Waals surface area (Å²) >= 11 is 5.42. The van der Waals surface area contributed by atoms with E-state index in [-0.39, 0.29) is 17.5 Å². The number of sulfone groups is 1. The van der Waals surface area contributed by atoms with E-state index in [4.69, 9.17) is 11.6 Å². The Labute approximate surface area is 95.5 Å². The van der Waals surface area contributed by atoms with Crippen molar-refractivity contribution in [2.24, 2.45) is 0 Å². The number of rotatable bonds is 4. The summed E-state index contributed by atoms with van der Waals surface area (Å²) in [6.07, 6.45) is 0.602. The molecule has 1 saturated heterocycles. The van der Waals surface area contributed by atoms with Crippen LogP contribution in [0.5, 0.6) is 0 Å². The first kappa shape index (κ1) is 12.9. The highest BCUT2D eigenvalue weighted by Gasteiger charge is 2.34. The largest absolute Gasteiger partial charge is 0.289 e. The summed E-state index contributed by atoms with van der Waals surface area (Å²) in [5.74, 6) is 0.368. The highest BCUT2D eigenvalue weighted by atomic mass is 35.5. The maximum Gasteiger partial charge on any atom is 0.238 e. The van der Waals surface area contributed by atoms with E-state index in [1.807, 2.05) is 11.8 Å². The molecule has 1 fully saturated rings. The van der Waals surface area contributed by atoms with Crippen LogP contribution in [0.15, 0.2) is 0 Å². The van der Waals surface area contributed by atoms with Gasteiger partial charge >= 0.3 is 0 Å². The Morgan fingerprint density at radius 1 is 1.60 bits per heavy atom. The van der Waals surface area contributed by atoms with Gasteiger partial charge < -0.3 is 0 Å². The predicted molar refractivity (Wildman–Crippen MR) is 59.8 cm³/mol. The van der Waals surface area contributed by atoms with Crippen molar-refractivity contribution in [1.82, 2.24) is 4.90 Å². The van der Waals surface area contributed by atoms with E-state index in [2.05, 4.69) is 0 Å². The molecular formula is C9H16ClNO3S. The quantitative estimate of drug-likeness (QED) is 0.691. The lowest BCUT2D eigenvalue weighted by atomic mass is 10.2. The zero-order valence-electron chi connectivity index (χ0n) is 8.94. The number of hydrogen-bond acceptors (Lipinski definition) is 4. The zero-order chi connectivity index (χ0) is 11.6. The highest BCUT2D eigenvalue weighted by Crippen LogP contribution is 2.20. The van der Waals surface area contributed by atoms with Crippen LogP contribution >= 0.6 is 11.6 Å². The molecule has 2 atom stereocenters. The fourth-order valence-corrected chi connectivity index (χ4v) is 3.88. The van der Waals surface area contributed by atoms with Crippen molar-refractivity contribution >= 4 is 26.7 Å². The first-order chi connectivity index (χ1) is 6.87. The van der Waals surface area contributed by atoms with Gasteiger partial charge in [0, 0.05) is 6.04 Å². The van der Waals surface area contributed by atoms with Crippen LogP contribution in [-0.2, 0) is 14.6 Å². The maximum absolute atomic E-state index is 11.3. The summed E-state index contributed by atoms with van der Waals surface area (Å²) < 4.78 is 22.6. The number of hydrogen-bond donors (Lipinski definition) is 0. The first-order valence-electron chi connectivity index (χ1n) is 5.03. The summed E-state index contributed by atoms with van der Waals surface area (Å²) in [6, 6.07) is -0.465. The molecule has 0 N–H and O–H groups in total. The Kier molecular flexibility index (Phi) is 4.14. The minimum Gasteiger partial charge on any atom is -0.289 e. The smallest absolute Gasteiger partial charge is 0.238 e. The van der Waals surface area contributed by atoms with Gasteiger partial charge in [-0.2, -0.15) is 0 Å². The highest BCUT2D eigenvalue weighted by molar-refractivity contribution is 7.91. The van der Waals surface area contributed by atoms with Crippen LogP contribution in [0, 0.1) is 0 Å². The van der Waals surface area contributed by atoms with Crippen LogP contribution in [0.1, 0.15) is 20.3 Å². The van der Waals surface area contributed by atoms with Crippen LogP contribution in [-0.4, -0.2) is 48.7 Å². The number of likely N-dealkylation sites (N-methyl/N-ethyl adjacent to an activating group) is 1. The third-order valence-electron chi connectivity index (χ3n) is 2.87. The molecule has 0 radical (unpaired) electrons. The fourth-order valence-electron chi connectivity index (χ4n) is 2.02. The molecule has 1 aliphatic heterocycles. The summed E-state index contributed by atoms with van der Waals surface area (Å²) in [6.45, 7) is 4.25. The van der Waals surface area contributed by atoms with Crippen LogP contribution in [0.4, 0.5) is 0 Å². The van der Waals surface area contributed by atoms with Crippen molar-refractivity contribution in [1.29, 1.82) is 0 Å². The first-order valence-corrected chi connectivity index (χ1v) is 7.23. The Morgan fingerprint density at radius 2 is 2.20 bits per heavy atom. The third kappa shape index (κ3) is 3.16. The summed E-state index contributed by atoms with van der Waals surface area (Å²) in [5.41, 5.74) is 0. The van der Waals surface area contributed by atoms with Crippen molar-refractivity contribution in [2.45, 2.75) is 32.4 Å². The topological polar surface area (TPSA) is 54.5 Å². The molecule has 6 heteroatoms. The van der Waals surface area contributed by atoms with Crippen LogP contribution in [0.25, 0.3) is 0 Å². The van der Waals surface area contributed by atoms with E-state index in [1.165, 1.54) is 0 Å². The molecule has 0 aromatic carbocycles. The average Bonchev–Trinajstić information content (AvgIpc) is 2.47. The van der Waals surface area contributed by atoms with Crippen molar-refractivity contribution in [3.8, 4) is 0 Å².